The van der Waals surface area contributed by atoms with Gasteiger partial charge in [-0.25, -0.2) is 4.79 Å². The Bertz CT molecular complexity index is 1240. The van der Waals surface area contributed by atoms with E-state index in [0.717, 1.165) is 12.1 Å². The summed E-state index contributed by atoms with van der Waals surface area (Å²) in [6.45, 7) is 14.0. The summed E-state index contributed by atoms with van der Waals surface area (Å²) >= 11 is 0. The van der Waals surface area contributed by atoms with Gasteiger partial charge in [0.2, 0.25) is 5.91 Å². The molecule has 3 rings (SSSR count). The van der Waals surface area contributed by atoms with Crippen molar-refractivity contribution in [1.29, 1.82) is 0 Å². The van der Waals surface area contributed by atoms with Gasteiger partial charge in [-0.15, -0.1) is 5.06 Å². The number of anilines is 1. The van der Waals surface area contributed by atoms with Gasteiger partial charge >= 0.3 is 12.1 Å². The molecule has 0 bridgehead atoms. The highest BCUT2D eigenvalue weighted by Crippen LogP contribution is 2.44. The predicted molar refractivity (Wildman–Crippen MR) is 153 cm³/mol. The van der Waals surface area contributed by atoms with E-state index in [9.17, 15) is 32.3 Å². The standard InChI is InChI=1S/C30H43F3N4O6/c1-9-34-24(38)12-14-36-22-15-20(21(30(31,32)33)16-23(22)42-29(7,8)26(36)40)25(39)37(18(2)3)19-11-10-13-35(17-19)43-27(41)28(4,5)6/h15-16,18-19H,9-14,17H2,1-8H3,(H,34,38). The molecule has 1 atom stereocenters. The number of halogens is 3. The first-order valence-corrected chi connectivity index (χ1v) is 14.6. The van der Waals surface area contributed by atoms with Crippen LogP contribution in [0.5, 0.6) is 5.75 Å². The average molecular weight is 613 g/mol. The number of benzene rings is 1. The van der Waals surface area contributed by atoms with Crippen LogP contribution in [0.3, 0.4) is 0 Å². The summed E-state index contributed by atoms with van der Waals surface area (Å²) in [5, 5.41) is 4.10. The lowest BCUT2D eigenvalue weighted by Crippen LogP contribution is -2.54. The molecule has 2 aliphatic heterocycles. The fourth-order valence-corrected chi connectivity index (χ4v) is 5.19. The summed E-state index contributed by atoms with van der Waals surface area (Å²) in [4.78, 5) is 60.2. The van der Waals surface area contributed by atoms with E-state index in [1.54, 1.807) is 41.5 Å². The molecule has 0 aliphatic carbocycles. The second-order valence-electron chi connectivity index (χ2n) is 12.8. The second kappa shape index (κ2) is 12.7. The van der Waals surface area contributed by atoms with Gasteiger partial charge < -0.3 is 24.7 Å². The summed E-state index contributed by atoms with van der Waals surface area (Å²) in [6.07, 6.45) is -3.96. The molecule has 1 aromatic rings. The first-order valence-electron chi connectivity index (χ1n) is 14.6. The van der Waals surface area contributed by atoms with Crippen LogP contribution in [0.1, 0.15) is 90.6 Å². The minimum Gasteiger partial charge on any atom is -0.476 e. The van der Waals surface area contributed by atoms with E-state index in [-0.39, 0.29) is 36.9 Å². The lowest BCUT2D eigenvalue weighted by atomic mass is 9.96. The zero-order chi connectivity index (χ0) is 32.5. The molecule has 1 N–H and O–H groups in total. The molecule has 10 nitrogen and oxygen atoms in total. The third kappa shape index (κ3) is 7.79. The van der Waals surface area contributed by atoms with Gasteiger partial charge in [0.05, 0.1) is 28.8 Å². The summed E-state index contributed by atoms with van der Waals surface area (Å²) in [5.41, 5.74) is -4.10. The molecule has 1 saturated heterocycles. The summed E-state index contributed by atoms with van der Waals surface area (Å²) in [7, 11) is 0. The Kier molecular flexibility index (Phi) is 10.1. The zero-order valence-corrected chi connectivity index (χ0v) is 26.2. The number of amides is 3. The molecule has 1 fully saturated rings. The van der Waals surface area contributed by atoms with Crippen molar-refractivity contribution in [3.05, 3.63) is 23.3 Å². The highest BCUT2D eigenvalue weighted by Gasteiger charge is 2.45. The quantitative estimate of drug-likeness (QED) is 0.459. The van der Waals surface area contributed by atoms with Gasteiger partial charge in [-0.3, -0.25) is 14.4 Å². The van der Waals surface area contributed by atoms with Gasteiger partial charge in [-0.05, 0) is 80.4 Å². The van der Waals surface area contributed by atoms with Crippen molar-refractivity contribution in [2.75, 3.05) is 31.1 Å². The Balaban J connectivity index is 2.05. The number of hydroxylamine groups is 2. The molecule has 0 aromatic heterocycles. The van der Waals surface area contributed by atoms with Gasteiger partial charge in [0.15, 0.2) is 5.60 Å². The lowest BCUT2D eigenvalue weighted by molar-refractivity contribution is -0.208. The zero-order valence-electron chi connectivity index (χ0n) is 26.2. The third-order valence-electron chi connectivity index (χ3n) is 7.36. The molecule has 13 heteroatoms. The Morgan fingerprint density at radius 3 is 2.40 bits per heavy atom. The maximum absolute atomic E-state index is 14.5. The van der Waals surface area contributed by atoms with Gasteiger partial charge in [-0.2, -0.15) is 13.2 Å². The number of fused-ring (bicyclic) bond motifs is 1. The predicted octanol–water partition coefficient (Wildman–Crippen LogP) is 4.55. The van der Waals surface area contributed by atoms with E-state index in [1.807, 2.05) is 0 Å². The molecule has 0 saturated carbocycles. The van der Waals surface area contributed by atoms with Crippen LogP contribution in [0, 0.1) is 5.41 Å². The van der Waals surface area contributed by atoms with Crippen LogP contribution in [0.4, 0.5) is 18.9 Å². The van der Waals surface area contributed by atoms with Crippen molar-refractivity contribution in [2.24, 2.45) is 5.41 Å². The van der Waals surface area contributed by atoms with E-state index in [0.29, 0.717) is 25.9 Å². The van der Waals surface area contributed by atoms with Crippen molar-refractivity contribution >= 4 is 29.4 Å². The van der Waals surface area contributed by atoms with Crippen LogP contribution < -0.4 is 15.0 Å². The fourth-order valence-electron chi connectivity index (χ4n) is 5.19. The molecule has 2 heterocycles. The highest BCUT2D eigenvalue weighted by molar-refractivity contribution is 6.05. The number of hydrogen-bond donors (Lipinski definition) is 1. The van der Waals surface area contributed by atoms with Crippen molar-refractivity contribution in [3.8, 4) is 5.75 Å². The summed E-state index contributed by atoms with van der Waals surface area (Å²) in [6, 6.07) is 0.753. The average Bonchev–Trinajstić information content (AvgIpc) is 2.87. The molecule has 0 spiro atoms. The number of alkyl halides is 3. The van der Waals surface area contributed by atoms with E-state index in [1.165, 1.54) is 28.7 Å². The maximum atomic E-state index is 14.5. The van der Waals surface area contributed by atoms with Crippen molar-refractivity contribution < 1.29 is 41.9 Å². The normalized spacial score (nSPS) is 19.0. The van der Waals surface area contributed by atoms with Crippen LogP contribution in [-0.4, -0.2) is 77.5 Å². The van der Waals surface area contributed by atoms with E-state index < -0.39 is 58.2 Å². The van der Waals surface area contributed by atoms with Gasteiger partial charge in [0.25, 0.3) is 11.8 Å². The SMILES string of the molecule is CCNC(=O)CCN1C(=O)C(C)(C)Oc2cc(C(F)(F)F)c(C(=O)N(C(C)C)C3CCCN(OC(=O)C(C)(C)C)C3)cc21. The van der Waals surface area contributed by atoms with Gasteiger partial charge in [0, 0.05) is 38.1 Å². The minimum atomic E-state index is -4.91. The molecule has 240 valence electrons. The van der Waals surface area contributed by atoms with Gasteiger partial charge in [-0.1, -0.05) is 0 Å². The van der Waals surface area contributed by atoms with Crippen molar-refractivity contribution in [2.45, 2.75) is 98.5 Å². The molecule has 3 amide bonds. The number of nitrogens with one attached hydrogen (secondary N) is 1. The number of nitrogens with zero attached hydrogens (tertiary/aromatic N) is 3. The smallest absolute Gasteiger partial charge is 0.417 e. The van der Waals surface area contributed by atoms with Crippen LogP contribution in [-0.2, 0) is 25.4 Å². The van der Waals surface area contributed by atoms with Crippen LogP contribution in [0.25, 0.3) is 0 Å². The van der Waals surface area contributed by atoms with Crippen LogP contribution in [0.15, 0.2) is 12.1 Å². The maximum Gasteiger partial charge on any atom is 0.417 e. The first-order chi connectivity index (χ1) is 19.8. The van der Waals surface area contributed by atoms with E-state index in [4.69, 9.17) is 9.57 Å². The highest BCUT2D eigenvalue weighted by atomic mass is 19.4. The Hall–Kier alpha value is -3.35. The molecule has 0 radical (unpaired) electrons. The topological polar surface area (TPSA) is 108 Å². The van der Waals surface area contributed by atoms with E-state index >= 15 is 0 Å². The second-order valence-corrected chi connectivity index (χ2v) is 12.8. The molecular formula is C30H43F3N4O6. The van der Waals surface area contributed by atoms with E-state index in [2.05, 4.69) is 5.32 Å². The molecule has 1 unspecified atom stereocenters. The molecular weight excluding hydrogens is 569 g/mol. The third-order valence-corrected chi connectivity index (χ3v) is 7.36. The number of rotatable bonds is 8. The number of carbonyl (C=O) groups is 4. The molecule has 43 heavy (non-hydrogen) atoms. The van der Waals surface area contributed by atoms with Crippen molar-refractivity contribution in [3.63, 3.8) is 0 Å². The number of piperidine rings is 1. The monoisotopic (exact) mass is 612 g/mol. The Labute approximate surface area is 250 Å². The summed E-state index contributed by atoms with van der Waals surface area (Å²) < 4.78 is 49.2. The lowest BCUT2D eigenvalue weighted by Gasteiger charge is -2.42. The summed E-state index contributed by atoms with van der Waals surface area (Å²) in [5.74, 6) is -2.42. The van der Waals surface area contributed by atoms with Gasteiger partial charge in [0.1, 0.15) is 5.75 Å². The Morgan fingerprint density at radius 1 is 1.19 bits per heavy atom. The van der Waals surface area contributed by atoms with Crippen LogP contribution in [0.2, 0.25) is 0 Å². The molecule has 2 aliphatic rings. The number of hydrogen-bond acceptors (Lipinski definition) is 7. The number of carbonyl (C=O) groups excluding carboxylic acids is 4. The minimum absolute atomic E-state index is 0.0157. The van der Waals surface area contributed by atoms with Crippen molar-refractivity contribution in [1.82, 2.24) is 15.3 Å². The molecule has 1 aromatic carbocycles. The fraction of sp³-hybridized carbons (Fsp3) is 0.667. The number of ether oxygens (including phenoxy) is 1. The van der Waals surface area contributed by atoms with Crippen LogP contribution >= 0.6 is 0 Å². The first kappa shape index (κ1) is 34.1. The largest absolute Gasteiger partial charge is 0.476 e. The Morgan fingerprint density at radius 2 is 1.84 bits per heavy atom.